The molecule has 0 saturated carbocycles. The topological polar surface area (TPSA) is 29.5 Å². The number of likely N-dealkylation sites (tertiary alicyclic amines) is 1. The third-order valence-electron chi connectivity index (χ3n) is 3.38. The minimum Gasteiger partial charge on any atom is -0.466 e. The standard InChI is InChI=1S/C15H21NO2/c1-2-18-15(17)10-14-8-9-16(12-14)11-13-6-4-3-5-7-13/h3-7,14H,2,8-12H2,1H3/t14-/m0/s1. The summed E-state index contributed by atoms with van der Waals surface area (Å²) in [5.41, 5.74) is 1.34. The fourth-order valence-corrected chi connectivity index (χ4v) is 2.52. The molecule has 3 nitrogen and oxygen atoms in total. The zero-order chi connectivity index (χ0) is 12.8. The van der Waals surface area contributed by atoms with E-state index in [0.29, 0.717) is 18.9 Å². The van der Waals surface area contributed by atoms with Crippen LogP contribution in [0.3, 0.4) is 0 Å². The summed E-state index contributed by atoms with van der Waals surface area (Å²) >= 11 is 0. The molecule has 1 aromatic rings. The highest BCUT2D eigenvalue weighted by molar-refractivity contribution is 5.69. The minimum absolute atomic E-state index is 0.0518. The second-order valence-electron chi connectivity index (χ2n) is 4.88. The highest BCUT2D eigenvalue weighted by Crippen LogP contribution is 2.21. The molecule has 1 aliphatic heterocycles. The van der Waals surface area contributed by atoms with Crippen molar-refractivity contribution in [3.05, 3.63) is 35.9 Å². The Labute approximate surface area is 109 Å². The molecule has 0 unspecified atom stereocenters. The predicted octanol–water partition coefficient (Wildman–Crippen LogP) is 2.46. The van der Waals surface area contributed by atoms with E-state index in [1.54, 1.807) is 0 Å². The number of nitrogens with zero attached hydrogens (tertiary/aromatic N) is 1. The SMILES string of the molecule is CCOC(=O)C[C@@H]1CCN(Cc2ccccc2)C1. The highest BCUT2D eigenvalue weighted by Gasteiger charge is 2.24. The van der Waals surface area contributed by atoms with Gasteiger partial charge in [-0.1, -0.05) is 30.3 Å². The molecular formula is C15H21NO2. The highest BCUT2D eigenvalue weighted by atomic mass is 16.5. The minimum atomic E-state index is -0.0518. The van der Waals surface area contributed by atoms with Gasteiger partial charge in [0, 0.05) is 19.5 Å². The Balaban J connectivity index is 1.76. The van der Waals surface area contributed by atoms with Crippen LogP contribution in [-0.4, -0.2) is 30.6 Å². The van der Waals surface area contributed by atoms with Gasteiger partial charge in [0.15, 0.2) is 0 Å². The zero-order valence-electron chi connectivity index (χ0n) is 11.0. The molecule has 0 N–H and O–H groups in total. The summed E-state index contributed by atoms with van der Waals surface area (Å²) in [6.07, 6.45) is 1.67. The maximum atomic E-state index is 11.4. The van der Waals surface area contributed by atoms with Crippen molar-refractivity contribution in [3.63, 3.8) is 0 Å². The lowest BCUT2D eigenvalue weighted by molar-refractivity contribution is -0.144. The summed E-state index contributed by atoms with van der Waals surface area (Å²) in [5.74, 6) is 0.414. The fraction of sp³-hybridized carbons (Fsp3) is 0.533. The Bertz CT molecular complexity index is 377. The van der Waals surface area contributed by atoms with Crippen LogP contribution < -0.4 is 0 Å². The molecule has 0 radical (unpaired) electrons. The van der Waals surface area contributed by atoms with Gasteiger partial charge in [0.25, 0.3) is 0 Å². The van der Waals surface area contributed by atoms with Crippen molar-refractivity contribution in [1.29, 1.82) is 0 Å². The molecule has 98 valence electrons. The molecule has 1 saturated heterocycles. The van der Waals surface area contributed by atoms with Crippen molar-refractivity contribution in [2.45, 2.75) is 26.3 Å². The summed E-state index contributed by atoms with van der Waals surface area (Å²) in [5, 5.41) is 0. The van der Waals surface area contributed by atoms with Crippen LogP contribution in [0.25, 0.3) is 0 Å². The second-order valence-corrected chi connectivity index (χ2v) is 4.88. The molecule has 1 fully saturated rings. The van der Waals surface area contributed by atoms with Gasteiger partial charge >= 0.3 is 5.97 Å². The summed E-state index contributed by atoms with van der Waals surface area (Å²) in [6, 6.07) is 10.5. The number of esters is 1. The van der Waals surface area contributed by atoms with Gasteiger partial charge in [0.2, 0.25) is 0 Å². The normalized spacial score (nSPS) is 19.9. The third kappa shape index (κ3) is 3.84. The van der Waals surface area contributed by atoms with Gasteiger partial charge < -0.3 is 4.74 Å². The van der Waals surface area contributed by atoms with Crippen LogP contribution in [0, 0.1) is 5.92 Å². The number of ether oxygens (including phenoxy) is 1. The summed E-state index contributed by atoms with van der Waals surface area (Å²) in [7, 11) is 0. The third-order valence-corrected chi connectivity index (χ3v) is 3.38. The average molecular weight is 247 g/mol. The van der Waals surface area contributed by atoms with Gasteiger partial charge in [-0.25, -0.2) is 0 Å². The van der Waals surface area contributed by atoms with Gasteiger partial charge in [-0.15, -0.1) is 0 Å². The first-order chi connectivity index (χ1) is 8.78. The van der Waals surface area contributed by atoms with Crippen LogP contribution in [0.1, 0.15) is 25.3 Å². The number of benzene rings is 1. The quantitative estimate of drug-likeness (QED) is 0.749. The Kier molecular flexibility index (Phi) is 4.76. The Morgan fingerprint density at radius 2 is 2.17 bits per heavy atom. The maximum Gasteiger partial charge on any atom is 0.306 e. The fourth-order valence-electron chi connectivity index (χ4n) is 2.52. The number of carbonyl (C=O) groups excluding carboxylic acids is 1. The van der Waals surface area contributed by atoms with Crippen molar-refractivity contribution in [2.24, 2.45) is 5.92 Å². The summed E-state index contributed by atoms with van der Waals surface area (Å²) in [4.78, 5) is 13.8. The second kappa shape index (κ2) is 6.55. The number of rotatable bonds is 5. The van der Waals surface area contributed by atoms with Gasteiger partial charge in [0.05, 0.1) is 6.61 Å². The van der Waals surface area contributed by atoms with Crippen molar-refractivity contribution in [1.82, 2.24) is 4.90 Å². The van der Waals surface area contributed by atoms with Crippen molar-refractivity contribution < 1.29 is 9.53 Å². The number of hydrogen-bond donors (Lipinski definition) is 0. The van der Waals surface area contributed by atoms with E-state index in [0.717, 1.165) is 26.1 Å². The molecule has 0 spiro atoms. The van der Waals surface area contributed by atoms with Crippen LogP contribution in [0.15, 0.2) is 30.3 Å². The molecule has 1 aromatic carbocycles. The van der Waals surface area contributed by atoms with Gasteiger partial charge in [-0.2, -0.15) is 0 Å². The Morgan fingerprint density at radius 3 is 2.89 bits per heavy atom. The first-order valence-corrected chi connectivity index (χ1v) is 6.70. The molecule has 0 bridgehead atoms. The van der Waals surface area contributed by atoms with E-state index in [1.807, 2.05) is 13.0 Å². The molecule has 3 heteroatoms. The molecular weight excluding hydrogens is 226 g/mol. The maximum absolute atomic E-state index is 11.4. The lowest BCUT2D eigenvalue weighted by Crippen LogP contribution is -2.21. The summed E-state index contributed by atoms with van der Waals surface area (Å²) in [6.45, 7) is 5.42. The predicted molar refractivity (Wildman–Crippen MR) is 71.1 cm³/mol. The molecule has 18 heavy (non-hydrogen) atoms. The van der Waals surface area contributed by atoms with Gasteiger partial charge in [0.1, 0.15) is 0 Å². The van der Waals surface area contributed by atoms with Crippen LogP contribution in [0.4, 0.5) is 0 Å². The van der Waals surface area contributed by atoms with E-state index in [-0.39, 0.29) is 5.97 Å². The lowest BCUT2D eigenvalue weighted by Gasteiger charge is -2.15. The Morgan fingerprint density at radius 1 is 1.39 bits per heavy atom. The number of carbonyl (C=O) groups is 1. The first-order valence-electron chi connectivity index (χ1n) is 6.70. The van der Waals surface area contributed by atoms with Crippen molar-refractivity contribution in [2.75, 3.05) is 19.7 Å². The van der Waals surface area contributed by atoms with E-state index < -0.39 is 0 Å². The molecule has 2 rings (SSSR count). The summed E-state index contributed by atoms with van der Waals surface area (Å²) < 4.78 is 5.00. The zero-order valence-corrected chi connectivity index (χ0v) is 11.0. The van der Waals surface area contributed by atoms with Gasteiger partial charge in [-0.3, -0.25) is 9.69 Å². The largest absolute Gasteiger partial charge is 0.466 e. The van der Waals surface area contributed by atoms with Crippen molar-refractivity contribution in [3.8, 4) is 0 Å². The number of hydrogen-bond acceptors (Lipinski definition) is 3. The van der Waals surface area contributed by atoms with E-state index in [2.05, 4.69) is 29.2 Å². The van der Waals surface area contributed by atoms with Crippen LogP contribution in [0.5, 0.6) is 0 Å². The average Bonchev–Trinajstić information content (AvgIpc) is 2.78. The lowest BCUT2D eigenvalue weighted by atomic mass is 10.1. The molecule has 1 heterocycles. The molecule has 1 atom stereocenters. The Hall–Kier alpha value is -1.35. The van der Waals surface area contributed by atoms with Crippen LogP contribution in [0.2, 0.25) is 0 Å². The van der Waals surface area contributed by atoms with Crippen molar-refractivity contribution >= 4 is 5.97 Å². The van der Waals surface area contributed by atoms with Gasteiger partial charge in [-0.05, 0) is 31.4 Å². The van der Waals surface area contributed by atoms with Crippen LogP contribution >= 0.6 is 0 Å². The van der Waals surface area contributed by atoms with E-state index in [4.69, 9.17) is 4.74 Å². The smallest absolute Gasteiger partial charge is 0.306 e. The monoisotopic (exact) mass is 247 g/mol. The first kappa shape index (κ1) is 13.1. The van der Waals surface area contributed by atoms with E-state index in [9.17, 15) is 4.79 Å². The molecule has 0 aromatic heterocycles. The molecule has 0 aliphatic carbocycles. The molecule has 1 aliphatic rings. The molecule has 0 amide bonds. The van der Waals surface area contributed by atoms with Crippen LogP contribution in [-0.2, 0) is 16.1 Å². The van der Waals surface area contributed by atoms with E-state index in [1.165, 1.54) is 5.56 Å². The van der Waals surface area contributed by atoms with E-state index >= 15 is 0 Å².